The molecule has 0 radical (unpaired) electrons. The summed E-state index contributed by atoms with van der Waals surface area (Å²) in [6, 6.07) is 2.33. The monoisotopic (exact) mass is 385 g/mol. The Bertz CT molecular complexity index is 948. The average Bonchev–Trinajstić information content (AvgIpc) is 2.45. The van der Waals surface area contributed by atoms with E-state index >= 15 is 0 Å². The molecular formula is C16H14ClF2N3O2S. The fraction of sp³-hybridized carbons (Fsp3) is 0.375. The number of aromatic nitrogens is 2. The maximum Gasteiger partial charge on any atom is 0.151 e. The summed E-state index contributed by atoms with van der Waals surface area (Å²) in [6.45, 7) is 1.85. The summed E-state index contributed by atoms with van der Waals surface area (Å²) in [4.78, 5) is 9.83. The molecule has 2 saturated heterocycles. The second-order valence-electron chi connectivity index (χ2n) is 6.84. The zero-order valence-electron chi connectivity index (χ0n) is 13.0. The number of hydrogen-bond acceptors (Lipinski definition) is 5. The van der Waals surface area contributed by atoms with Gasteiger partial charge in [-0.25, -0.2) is 22.2 Å². The Kier molecular flexibility index (Phi) is 3.82. The molecule has 2 fully saturated rings. The maximum atomic E-state index is 14.3. The van der Waals surface area contributed by atoms with E-state index < -0.39 is 21.5 Å². The van der Waals surface area contributed by atoms with Gasteiger partial charge < -0.3 is 0 Å². The van der Waals surface area contributed by atoms with E-state index in [0.29, 0.717) is 25.2 Å². The average molecular weight is 386 g/mol. The van der Waals surface area contributed by atoms with Gasteiger partial charge in [-0.2, -0.15) is 0 Å². The van der Waals surface area contributed by atoms with Crippen LogP contribution in [0, 0.1) is 17.0 Å². The standard InChI is InChI=1S/C16H14ClF2N3O2S/c17-14-2-12(18)11(4-20-14)15-13(19)1-10(3-21-15)5-22-6-16(7-22)8-25(23,24)9-16/h1-4H,5-9H2. The minimum absolute atomic E-state index is 0.0111. The SMILES string of the molecule is O=S1(=O)CC2(CN(Cc3cnc(-c4cnc(Cl)cc4F)c(F)c3)C2)C1. The topological polar surface area (TPSA) is 63.2 Å². The van der Waals surface area contributed by atoms with Gasteiger partial charge in [0.15, 0.2) is 9.84 Å². The van der Waals surface area contributed by atoms with Crippen LogP contribution in [-0.4, -0.2) is 47.9 Å². The van der Waals surface area contributed by atoms with E-state index in [2.05, 4.69) is 14.9 Å². The van der Waals surface area contributed by atoms with Gasteiger partial charge in [0, 0.05) is 43.5 Å². The summed E-state index contributed by atoms with van der Waals surface area (Å²) in [5.41, 5.74) is 0.385. The van der Waals surface area contributed by atoms with Gasteiger partial charge in [0.1, 0.15) is 22.5 Å². The van der Waals surface area contributed by atoms with E-state index in [1.165, 1.54) is 12.3 Å². The lowest BCUT2D eigenvalue weighted by Crippen LogP contribution is -2.67. The van der Waals surface area contributed by atoms with Gasteiger partial charge in [-0.1, -0.05) is 11.6 Å². The highest BCUT2D eigenvalue weighted by Gasteiger charge is 2.55. The molecule has 5 nitrogen and oxygen atoms in total. The van der Waals surface area contributed by atoms with Crippen LogP contribution in [0.4, 0.5) is 8.78 Å². The zero-order chi connectivity index (χ0) is 17.8. The number of pyridine rings is 2. The molecule has 0 atom stereocenters. The Labute approximate surface area is 148 Å². The molecule has 2 aromatic rings. The Morgan fingerprint density at radius 3 is 2.44 bits per heavy atom. The van der Waals surface area contributed by atoms with Crippen molar-refractivity contribution in [2.45, 2.75) is 6.54 Å². The van der Waals surface area contributed by atoms with E-state index in [0.717, 1.165) is 12.3 Å². The van der Waals surface area contributed by atoms with Gasteiger partial charge in [-0.05, 0) is 11.6 Å². The molecule has 4 rings (SSSR count). The first kappa shape index (κ1) is 16.8. The van der Waals surface area contributed by atoms with Gasteiger partial charge in [-0.3, -0.25) is 9.88 Å². The van der Waals surface area contributed by atoms with Crippen LogP contribution in [0.25, 0.3) is 11.3 Å². The van der Waals surface area contributed by atoms with Crippen molar-refractivity contribution in [3.8, 4) is 11.3 Å². The van der Waals surface area contributed by atoms with Gasteiger partial charge in [0.05, 0.1) is 17.1 Å². The third kappa shape index (κ3) is 3.14. The predicted molar refractivity (Wildman–Crippen MR) is 88.8 cm³/mol. The summed E-state index contributed by atoms with van der Waals surface area (Å²) >= 11 is 5.60. The summed E-state index contributed by atoms with van der Waals surface area (Å²) < 4.78 is 50.8. The normalized spacial score (nSPS) is 20.9. The molecule has 0 aromatic carbocycles. The summed E-state index contributed by atoms with van der Waals surface area (Å²) in [5.74, 6) is -0.840. The Morgan fingerprint density at radius 2 is 1.84 bits per heavy atom. The van der Waals surface area contributed by atoms with Crippen LogP contribution in [0.2, 0.25) is 5.15 Å². The molecule has 9 heteroatoms. The quantitative estimate of drug-likeness (QED) is 0.759. The number of likely N-dealkylation sites (tertiary alicyclic amines) is 1. The van der Waals surface area contributed by atoms with E-state index in [1.54, 1.807) is 0 Å². The largest absolute Gasteiger partial charge is 0.298 e. The molecule has 2 aliphatic heterocycles. The highest BCUT2D eigenvalue weighted by atomic mass is 35.5. The molecule has 25 heavy (non-hydrogen) atoms. The van der Waals surface area contributed by atoms with Crippen LogP contribution in [0.1, 0.15) is 5.56 Å². The molecule has 0 saturated carbocycles. The van der Waals surface area contributed by atoms with E-state index in [9.17, 15) is 17.2 Å². The van der Waals surface area contributed by atoms with Gasteiger partial charge >= 0.3 is 0 Å². The van der Waals surface area contributed by atoms with Crippen LogP contribution in [-0.2, 0) is 16.4 Å². The summed E-state index contributed by atoms with van der Waals surface area (Å²) in [7, 11) is -2.85. The second-order valence-corrected chi connectivity index (χ2v) is 9.29. The molecule has 0 unspecified atom stereocenters. The molecular weight excluding hydrogens is 372 g/mol. The lowest BCUT2D eigenvalue weighted by molar-refractivity contribution is 0.0179. The zero-order valence-corrected chi connectivity index (χ0v) is 14.6. The molecule has 0 aliphatic carbocycles. The molecule has 2 aliphatic rings. The first-order valence-corrected chi connectivity index (χ1v) is 9.84. The van der Waals surface area contributed by atoms with Crippen molar-refractivity contribution in [3.05, 3.63) is 46.9 Å². The highest BCUT2D eigenvalue weighted by molar-refractivity contribution is 7.92. The Balaban J connectivity index is 1.46. The van der Waals surface area contributed by atoms with E-state index in [4.69, 9.17) is 11.6 Å². The smallest absolute Gasteiger partial charge is 0.151 e. The molecule has 1 spiro atoms. The Hall–Kier alpha value is -1.64. The van der Waals surface area contributed by atoms with E-state index in [-0.39, 0.29) is 33.3 Å². The predicted octanol–water partition coefficient (Wildman–Crippen LogP) is 2.31. The number of sulfone groups is 1. The molecule has 132 valence electrons. The third-order valence-corrected chi connectivity index (χ3v) is 6.86. The number of hydrogen-bond donors (Lipinski definition) is 0. The lowest BCUT2D eigenvalue weighted by atomic mass is 9.82. The first-order valence-electron chi connectivity index (χ1n) is 7.64. The Morgan fingerprint density at radius 1 is 1.12 bits per heavy atom. The van der Waals surface area contributed by atoms with Crippen molar-refractivity contribution < 1.29 is 17.2 Å². The second kappa shape index (κ2) is 5.69. The molecule has 2 aromatic heterocycles. The van der Waals surface area contributed by atoms with Crippen LogP contribution in [0.5, 0.6) is 0 Å². The van der Waals surface area contributed by atoms with Crippen LogP contribution in [0.15, 0.2) is 24.5 Å². The van der Waals surface area contributed by atoms with E-state index in [1.807, 2.05) is 0 Å². The van der Waals surface area contributed by atoms with Crippen molar-refractivity contribution in [1.29, 1.82) is 0 Å². The van der Waals surface area contributed by atoms with Crippen molar-refractivity contribution in [2.75, 3.05) is 24.6 Å². The van der Waals surface area contributed by atoms with Crippen LogP contribution < -0.4 is 0 Å². The van der Waals surface area contributed by atoms with Gasteiger partial charge in [-0.15, -0.1) is 0 Å². The minimum Gasteiger partial charge on any atom is -0.298 e. The van der Waals surface area contributed by atoms with Crippen LogP contribution in [0.3, 0.4) is 0 Å². The van der Waals surface area contributed by atoms with Crippen molar-refractivity contribution >= 4 is 21.4 Å². The molecule has 0 amide bonds. The van der Waals surface area contributed by atoms with Gasteiger partial charge in [0.25, 0.3) is 0 Å². The molecule has 0 N–H and O–H groups in total. The number of nitrogens with zero attached hydrogens (tertiary/aromatic N) is 3. The van der Waals surface area contributed by atoms with Crippen molar-refractivity contribution in [3.63, 3.8) is 0 Å². The fourth-order valence-corrected chi connectivity index (χ4v) is 5.98. The molecule has 0 bridgehead atoms. The van der Waals surface area contributed by atoms with Gasteiger partial charge in [0.2, 0.25) is 0 Å². The number of rotatable bonds is 3. The first-order chi connectivity index (χ1) is 11.8. The third-order valence-electron chi connectivity index (χ3n) is 4.55. The van der Waals surface area contributed by atoms with Crippen LogP contribution >= 0.6 is 11.6 Å². The summed E-state index contributed by atoms with van der Waals surface area (Å²) in [5, 5.41) is -0.0111. The number of halogens is 3. The highest BCUT2D eigenvalue weighted by Crippen LogP contribution is 2.42. The fourth-order valence-electron chi connectivity index (χ4n) is 3.69. The van der Waals surface area contributed by atoms with Crippen molar-refractivity contribution in [2.24, 2.45) is 5.41 Å². The lowest BCUT2D eigenvalue weighted by Gasteiger charge is -2.54. The summed E-state index contributed by atoms with van der Waals surface area (Å²) in [6.07, 6.45) is 2.65. The molecule has 4 heterocycles. The minimum atomic E-state index is -2.85. The maximum absolute atomic E-state index is 14.3. The van der Waals surface area contributed by atoms with Crippen molar-refractivity contribution in [1.82, 2.24) is 14.9 Å².